The fourth-order valence-corrected chi connectivity index (χ4v) is 4.91. The summed E-state index contributed by atoms with van der Waals surface area (Å²) in [7, 11) is 4.39. The zero-order valence-electron chi connectivity index (χ0n) is 15.6. The minimum atomic E-state index is 0.492. The quantitative estimate of drug-likeness (QED) is 0.859. The van der Waals surface area contributed by atoms with Gasteiger partial charge in [-0.2, -0.15) is 0 Å². The smallest absolute Gasteiger partial charge is 0.122 e. The first-order valence-electron chi connectivity index (χ1n) is 9.56. The highest BCUT2D eigenvalue weighted by molar-refractivity contribution is 5.21. The Kier molecular flexibility index (Phi) is 4.65. The van der Waals surface area contributed by atoms with E-state index >= 15 is 0 Å². The first kappa shape index (κ1) is 16.8. The number of likely N-dealkylation sites (N-methyl/N-ethyl adjacent to an activating group) is 1. The van der Waals surface area contributed by atoms with Gasteiger partial charge in [0.25, 0.3) is 0 Å². The average molecular weight is 338 g/mol. The van der Waals surface area contributed by atoms with Gasteiger partial charge in [-0.1, -0.05) is 30.3 Å². The molecule has 134 valence electrons. The minimum absolute atomic E-state index is 0.492. The van der Waals surface area contributed by atoms with Crippen LogP contribution in [0.1, 0.15) is 36.6 Å². The molecule has 3 heterocycles. The topological polar surface area (TPSA) is 24.3 Å². The van der Waals surface area contributed by atoms with E-state index in [2.05, 4.69) is 63.8 Å². The lowest BCUT2D eigenvalue weighted by Gasteiger charge is -2.49. The largest absolute Gasteiger partial charge is 0.337 e. The van der Waals surface area contributed by atoms with E-state index in [9.17, 15) is 0 Å². The molecule has 2 aliphatic heterocycles. The van der Waals surface area contributed by atoms with Crippen LogP contribution in [-0.2, 0) is 13.6 Å². The highest BCUT2D eigenvalue weighted by Gasteiger charge is 2.41. The molecule has 1 spiro atoms. The van der Waals surface area contributed by atoms with Gasteiger partial charge in [-0.3, -0.25) is 4.90 Å². The third-order valence-corrected chi connectivity index (χ3v) is 6.29. The Labute approximate surface area is 151 Å². The van der Waals surface area contributed by atoms with Gasteiger partial charge in [-0.15, -0.1) is 0 Å². The lowest BCUT2D eigenvalue weighted by Crippen LogP contribution is -2.50. The summed E-state index contributed by atoms with van der Waals surface area (Å²) in [6.07, 6.45) is 7.91. The summed E-state index contributed by atoms with van der Waals surface area (Å²) in [5.41, 5.74) is 2.01. The molecule has 0 aliphatic carbocycles. The maximum absolute atomic E-state index is 4.49. The molecule has 1 aromatic carbocycles. The van der Waals surface area contributed by atoms with Gasteiger partial charge in [0, 0.05) is 32.5 Å². The Morgan fingerprint density at radius 2 is 1.88 bits per heavy atom. The van der Waals surface area contributed by atoms with Crippen molar-refractivity contribution < 1.29 is 0 Å². The summed E-state index contributed by atoms with van der Waals surface area (Å²) in [6.45, 7) is 5.83. The molecule has 1 atom stereocenters. The maximum atomic E-state index is 4.49. The molecule has 0 bridgehead atoms. The highest BCUT2D eigenvalue weighted by atomic mass is 15.2. The minimum Gasteiger partial charge on any atom is -0.337 e. The number of hydrogen-bond donors (Lipinski definition) is 0. The Morgan fingerprint density at radius 1 is 1.12 bits per heavy atom. The summed E-state index contributed by atoms with van der Waals surface area (Å²) in [6, 6.07) is 11.1. The van der Waals surface area contributed by atoms with Crippen LogP contribution in [0, 0.1) is 5.41 Å². The number of likely N-dealkylation sites (tertiary alicyclic amines) is 2. The highest BCUT2D eigenvalue weighted by Crippen LogP contribution is 2.44. The lowest BCUT2D eigenvalue weighted by molar-refractivity contribution is 0.0209. The SMILES string of the molecule is CN1CC(c2ccccc2)CC2(CCN(Cc3nccn3C)CC2)C1. The van der Waals surface area contributed by atoms with Gasteiger partial charge in [0.1, 0.15) is 5.82 Å². The monoisotopic (exact) mass is 338 g/mol. The molecule has 25 heavy (non-hydrogen) atoms. The van der Waals surface area contributed by atoms with E-state index in [1.54, 1.807) is 0 Å². The van der Waals surface area contributed by atoms with E-state index in [4.69, 9.17) is 0 Å². The number of nitrogens with zero attached hydrogens (tertiary/aromatic N) is 4. The summed E-state index contributed by atoms with van der Waals surface area (Å²) < 4.78 is 2.14. The Morgan fingerprint density at radius 3 is 2.56 bits per heavy atom. The van der Waals surface area contributed by atoms with Crippen molar-refractivity contribution >= 4 is 0 Å². The van der Waals surface area contributed by atoms with Crippen LogP contribution < -0.4 is 0 Å². The molecule has 2 fully saturated rings. The molecule has 2 aromatic rings. The van der Waals surface area contributed by atoms with Crippen LogP contribution in [0.15, 0.2) is 42.7 Å². The molecule has 4 heteroatoms. The predicted molar refractivity (Wildman–Crippen MR) is 101 cm³/mol. The fraction of sp³-hybridized carbons (Fsp3) is 0.571. The third kappa shape index (κ3) is 3.65. The van der Waals surface area contributed by atoms with Crippen molar-refractivity contribution in [2.24, 2.45) is 12.5 Å². The van der Waals surface area contributed by atoms with Crippen LogP contribution in [0.4, 0.5) is 0 Å². The van der Waals surface area contributed by atoms with Crippen LogP contribution in [-0.4, -0.2) is 52.6 Å². The van der Waals surface area contributed by atoms with Crippen molar-refractivity contribution in [2.45, 2.75) is 31.7 Å². The molecular formula is C21H30N4. The van der Waals surface area contributed by atoms with Crippen LogP contribution >= 0.6 is 0 Å². The molecule has 1 aromatic heterocycles. The molecule has 0 amide bonds. The van der Waals surface area contributed by atoms with Gasteiger partial charge < -0.3 is 9.47 Å². The number of benzene rings is 1. The first-order valence-corrected chi connectivity index (χ1v) is 9.56. The number of piperidine rings is 2. The summed E-state index contributed by atoms with van der Waals surface area (Å²) in [4.78, 5) is 9.64. The van der Waals surface area contributed by atoms with Gasteiger partial charge in [-0.25, -0.2) is 4.98 Å². The van der Waals surface area contributed by atoms with E-state index in [-0.39, 0.29) is 0 Å². The third-order valence-electron chi connectivity index (χ3n) is 6.29. The van der Waals surface area contributed by atoms with Gasteiger partial charge in [-0.05, 0) is 56.3 Å². The van der Waals surface area contributed by atoms with E-state index in [0.717, 1.165) is 6.54 Å². The van der Waals surface area contributed by atoms with Gasteiger partial charge in [0.05, 0.1) is 6.54 Å². The Hall–Kier alpha value is -1.65. The molecule has 2 aliphatic rings. The van der Waals surface area contributed by atoms with Gasteiger partial charge in [0.2, 0.25) is 0 Å². The average Bonchev–Trinajstić information content (AvgIpc) is 3.02. The first-order chi connectivity index (χ1) is 12.1. The second kappa shape index (κ2) is 6.93. The number of imidazole rings is 1. The predicted octanol–water partition coefficient (Wildman–Crippen LogP) is 3.12. The van der Waals surface area contributed by atoms with Crippen molar-refractivity contribution in [3.05, 3.63) is 54.1 Å². The second-order valence-corrected chi connectivity index (χ2v) is 8.24. The van der Waals surface area contributed by atoms with Crippen LogP contribution in [0.5, 0.6) is 0 Å². The molecule has 1 unspecified atom stereocenters. The number of hydrogen-bond acceptors (Lipinski definition) is 3. The van der Waals surface area contributed by atoms with Crippen molar-refractivity contribution in [3.63, 3.8) is 0 Å². The van der Waals surface area contributed by atoms with Crippen LogP contribution in [0.3, 0.4) is 0 Å². The van der Waals surface area contributed by atoms with E-state index in [1.807, 2.05) is 12.4 Å². The molecular weight excluding hydrogens is 308 g/mol. The maximum Gasteiger partial charge on any atom is 0.122 e. The molecule has 0 radical (unpaired) electrons. The van der Waals surface area contributed by atoms with Crippen molar-refractivity contribution in [3.8, 4) is 0 Å². The zero-order chi connectivity index (χ0) is 17.3. The molecule has 2 saturated heterocycles. The molecule has 0 N–H and O–H groups in total. The molecule has 4 nitrogen and oxygen atoms in total. The van der Waals surface area contributed by atoms with E-state index in [1.165, 1.54) is 56.8 Å². The molecule has 4 rings (SSSR count). The van der Waals surface area contributed by atoms with Gasteiger partial charge in [0.15, 0.2) is 0 Å². The lowest BCUT2D eigenvalue weighted by atomic mass is 9.68. The number of aromatic nitrogens is 2. The molecule has 0 saturated carbocycles. The van der Waals surface area contributed by atoms with Crippen LogP contribution in [0.25, 0.3) is 0 Å². The van der Waals surface area contributed by atoms with E-state index in [0.29, 0.717) is 11.3 Å². The Balaban J connectivity index is 1.41. The summed E-state index contributed by atoms with van der Waals surface area (Å²) in [5, 5.41) is 0. The van der Waals surface area contributed by atoms with Crippen molar-refractivity contribution in [1.29, 1.82) is 0 Å². The summed E-state index contributed by atoms with van der Waals surface area (Å²) >= 11 is 0. The number of rotatable bonds is 3. The zero-order valence-corrected chi connectivity index (χ0v) is 15.6. The standard InChI is InChI=1S/C21H30N4/c1-23-15-19(18-6-4-3-5-7-18)14-21(17-23)8-11-25(12-9-21)16-20-22-10-13-24(20)2/h3-7,10,13,19H,8-9,11-12,14-17H2,1-2H3. The normalized spacial score (nSPS) is 24.6. The van der Waals surface area contributed by atoms with E-state index < -0.39 is 0 Å². The van der Waals surface area contributed by atoms with Gasteiger partial charge >= 0.3 is 0 Å². The Bertz CT molecular complexity index is 685. The van der Waals surface area contributed by atoms with Crippen LogP contribution in [0.2, 0.25) is 0 Å². The second-order valence-electron chi connectivity index (χ2n) is 8.24. The summed E-state index contributed by atoms with van der Waals surface area (Å²) in [5.74, 6) is 1.86. The van der Waals surface area contributed by atoms with Crippen molar-refractivity contribution in [1.82, 2.24) is 19.4 Å². The number of aryl methyl sites for hydroxylation is 1. The van der Waals surface area contributed by atoms with Crippen molar-refractivity contribution in [2.75, 3.05) is 33.2 Å². The fourth-order valence-electron chi connectivity index (χ4n) is 4.91.